The summed E-state index contributed by atoms with van der Waals surface area (Å²) in [7, 11) is 0. The molecule has 18 heavy (non-hydrogen) atoms. The van der Waals surface area contributed by atoms with E-state index in [1.165, 1.54) is 12.8 Å². The van der Waals surface area contributed by atoms with Crippen LogP contribution in [0, 0.1) is 12.8 Å². The fourth-order valence-corrected chi connectivity index (χ4v) is 2.64. The van der Waals surface area contributed by atoms with E-state index in [0.29, 0.717) is 17.7 Å². The largest absolute Gasteiger partial charge is 0.508 e. The second kappa shape index (κ2) is 6.79. The van der Waals surface area contributed by atoms with Crippen molar-refractivity contribution < 1.29 is 5.11 Å². The van der Waals surface area contributed by atoms with Crippen LogP contribution in [0.15, 0.2) is 18.2 Å². The lowest BCUT2D eigenvalue weighted by molar-refractivity contribution is 0.326. The zero-order chi connectivity index (χ0) is 13.7. The van der Waals surface area contributed by atoms with Crippen LogP contribution in [0.3, 0.4) is 0 Å². The lowest BCUT2D eigenvalue weighted by Crippen LogP contribution is -2.35. The van der Waals surface area contributed by atoms with E-state index in [1.54, 1.807) is 0 Å². The standard InChI is InChI=1S/C16H27NO/c1-6-14(7-2)12(4)17-13(5)15-9-8-11(3)10-16(15)18/h8-10,12-14,17-18H,6-7H2,1-5H3. The van der Waals surface area contributed by atoms with Crippen molar-refractivity contribution in [1.82, 2.24) is 5.32 Å². The van der Waals surface area contributed by atoms with Crippen LogP contribution in [0.2, 0.25) is 0 Å². The first-order valence-electron chi connectivity index (χ1n) is 7.05. The van der Waals surface area contributed by atoms with Gasteiger partial charge in [-0.15, -0.1) is 0 Å². The molecular formula is C16H27NO. The van der Waals surface area contributed by atoms with E-state index < -0.39 is 0 Å². The molecule has 1 aromatic carbocycles. The summed E-state index contributed by atoms with van der Waals surface area (Å²) in [5.41, 5.74) is 2.08. The van der Waals surface area contributed by atoms with E-state index in [9.17, 15) is 5.11 Å². The number of phenols is 1. The molecule has 0 heterocycles. The lowest BCUT2D eigenvalue weighted by Gasteiger charge is -2.27. The number of aromatic hydroxyl groups is 1. The number of aryl methyl sites for hydroxylation is 1. The van der Waals surface area contributed by atoms with E-state index in [-0.39, 0.29) is 6.04 Å². The quantitative estimate of drug-likeness (QED) is 0.793. The van der Waals surface area contributed by atoms with Crippen molar-refractivity contribution in [1.29, 1.82) is 0 Å². The van der Waals surface area contributed by atoms with Crippen molar-refractivity contribution in [3.8, 4) is 5.75 Å². The Morgan fingerprint density at radius 3 is 2.28 bits per heavy atom. The number of benzene rings is 1. The molecule has 0 bridgehead atoms. The average molecular weight is 249 g/mol. The van der Waals surface area contributed by atoms with Crippen molar-refractivity contribution in [3.05, 3.63) is 29.3 Å². The van der Waals surface area contributed by atoms with Crippen molar-refractivity contribution in [2.24, 2.45) is 5.92 Å². The summed E-state index contributed by atoms with van der Waals surface area (Å²) >= 11 is 0. The topological polar surface area (TPSA) is 32.3 Å². The highest BCUT2D eigenvalue weighted by Gasteiger charge is 2.17. The van der Waals surface area contributed by atoms with E-state index in [2.05, 4.69) is 39.1 Å². The highest BCUT2D eigenvalue weighted by atomic mass is 16.3. The molecule has 1 rings (SSSR count). The molecule has 0 saturated carbocycles. The predicted molar refractivity (Wildman–Crippen MR) is 77.9 cm³/mol. The van der Waals surface area contributed by atoms with Crippen LogP contribution < -0.4 is 5.32 Å². The summed E-state index contributed by atoms with van der Waals surface area (Å²) in [4.78, 5) is 0. The molecule has 0 amide bonds. The maximum Gasteiger partial charge on any atom is 0.120 e. The Balaban J connectivity index is 2.72. The Bertz CT molecular complexity index is 371. The molecule has 0 spiro atoms. The third kappa shape index (κ3) is 3.74. The maximum absolute atomic E-state index is 9.99. The van der Waals surface area contributed by atoms with Crippen LogP contribution in [-0.2, 0) is 0 Å². The Labute approximate surface area is 111 Å². The first-order valence-corrected chi connectivity index (χ1v) is 7.05. The SMILES string of the molecule is CCC(CC)C(C)NC(C)c1ccc(C)cc1O. The van der Waals surface area contributed by atoms with Crippen LogP contribution in [0.5, 0.6) is 5.75 Å². The van der Waals surface area contributed by atoms with Gasteiger partial charge < -0.3 is 10.4 Å². The summed E-state index contributed by atoms with van der Waals surface area (Å²) in [6.45, 7) is 10.8. The van der Waals surface area contributed by atoms with Gasteiger partial charge >= 0.3 is 0 Å². The van der Waals surface area contributed by atoms with E-state index in [1.807, 2.05) is 19.1 Å². The second-order valence-corrected chi connectivity index (χ2v) is 5.32. The summed E-state index contributed by atoms with van der Waals surface area (Å²) in [6, 6.07) is 6.55. The number of phenolic OH excluding ortho intramolecular Hbond substituents is 1. The molecule has 2 atom stereocenters. The Morgan fingerprint density at radius 2 is 1.78 bits per heavy atom. The predicted octanol–water partition coefficient (Wildman–Crippen LogP) is 4.18. The third-order valence-corrected chi connectivity index (χ3v) is 3.92. The van der Waals surface area contributed by atoms with Gasteiger partial charge in [0.25, 0.3) is 0 Å². The van der Waals surface area contributed by atoms with Gasteiger partial charge in [0.05, 0.1) is 0 Å². The maximum atomic E-state index is 9.99. The number of rotatable bonds is 6. The van der Waals surface area contributed by atoms with Crippen molar-refractivity contribution in [2.45, 2.75) is 59.5 Å². The monoisotopic (exact) mass is 249 g/mol. The van der Waals surface area contributed by atoms with Crippen LogP contribution in [-0.4, -0.2) is 11.1 Å². The molecule has 0 aromatic heterocycles. The van der Waals surface area contributed by atoms with Gasteiger partial charge in [-0.25, -0.2) is 0 Å². The molecule has 2 nitrogen and oxygen atoms in total. The van der Waals surface area contributed by atoms with Crippen LogP contribution in [0.25, 0.3) is 0 Å². The first kappa shape index (κ1) is 15.0. The highest BCUT2D eigenvalue weighted by molar-refractivity contribution is 5.37. The Morgan fingerprint density at radius 1 is 1.17 bits per heavy atom. The van der Waals surface area contributed by atoms with Gasteiger partial charge in [0.15, 0.2) is 0 Å². The molecule has 0 radical (unpaired) electrons. The average Bonchev–Trinajstić information content (AvgIpc) is 2.30. The summed E-state index contributed by atoms with van der Waals surface area (Å²) in [6.07, 6.45) is 2.38. The fourth-order valence-electron chi connectivity index (χ4n) is 2.64. The molecule has 0 aliphatic carbocycles. The van der Waals surface area contributed by atoms with Crippen molar-refractivity contribution in [3.63, 3.8) is 0 Å². The molecule has 2 unspecified atom stereocenters. The molecular weight excluding hydrogens is 222 g/mol. The van der Waals surface area contributed by atoms with Crippen LogP contribution in [0.1, 0.15) is 57.7 Å². The van der Waals surface area contributed by atoms with Crippen molar-refractivity contribution >= 4 is 0 Å². The van der Waals surface area contributed by atoms with E-state index >= 15 is 0 Å². The fraction of sp³-hybridized carbons (Fsp3) is 0.625. The number of hydrogen-bond acceptors (Lipinski definition) is 2. The lowest BCUT2D eigenvalue weighted by atomic mass is 9.94. The zero-order valence-electron chi connectivity index (χ0n) is 12.3. The number of nitrogens with one attached hydrogen (secondary N) is 1. The first-order chi connectivity index (χ1) is 8.49. The van der Waals surface area contributed by atoms with Gasteiger partial charge in [-0.05, 0) is 38.3 Å². The normalized spacial score (nSPS) is 14.8. The van der Waals surface area contributed by atoms with Crippen LogP contribution >= 0.6 is 0 Å². The number of hydrogen-bond donors (Lipinski definition) is 2. The highest BCUT2D eigenvalue weighted by Crippen LogP contribution is 2.26. The van der Waals surface area contributed by atoms with Gasteiger partial charge in [-0.2, -0.15) is 0 Å². The molecule has 0 saturated heterocycles. The zero-order valence-corrected chi connectivity index (χ0v) is 12.3. The van der Waals surface area contributed by atoms with Gasteiger partial charge in [0, 0.05) is 17.6 Å². The molecule has 2 heteroatoms. The second-order valence-electron chi connectivity index (χ2n) is 5.32. The van der Waals surface area contributed by atoms with Gasteiger partial charge in [-0.3, -0.25) is 0 Å². The van der Waals surface area contributed by atoms with Crippen molar-refractivity contribution in [2.75, 3.05) is 0 Å². The Kier molecular flexibility index (Phi) is 5.67. The molecule has 2 N–H and O–H groups in total. The summed E-state index contributed by atoms with van der Waals surface area (Å²) < 4.78 is 0. The van der Waals surface area contributed by atoms with E-state index in [4.69, 9.17) is 0 Å². The molecule has 102 valence electrons. The summed E-state index contributed by atoms with van der Waals surface area (Å²) in [5.74, 6) is 1.09. The third-order valence-electron chi connectivity index (χ3n) is 3.92. The smallest absolute Gasteiger partial charge is 0.120 e. The van der Waals surface area contributed by atoms with Gasteiger partial charge in [0.1, 0.15) is 5.75 Å². The minimum atomic E-state index is 0.182. The molecule has 1 aromatic rings. The minimum Gasteiger partial charge on any atom is -0.508 e. The Hall–Kier alpha value is -1.02. The van der Waals surface area contributed by atoms with Gasteiger partial charge in [-0.1, -0.05) is 38.8 Å². The van der Waals surface area contributed by atoms with Gasteiger partial charge in [0.2, 0.25) is 0 Å². The van der Waals surface area contributed by atoms with E-state index in [0.717, 1.165) is 11.1 Å². The van der Waals surface area contributed by atoms with Crippen LogP contribution in [0.4, 0.5) is 0 Å². The molecule has 0 aliphatic rings. The summed E-state index contributed by atoms with van der Waals surface area (Å²) in [5, 5.41) is 13.6. The minimum absolute atomic E-state index is 0.182. The molecule has 0 aliphatic heterocycles. The molecule has 0 fully saturated rings.